The van der Waals surface area contributed by atoms with Gasteiger partial charge in [-0.05, 0) is 30.7 Å². The van der Waals surface area contributed by atoms with E-state index in [4.69, 9.17) is 19.9 Å². The van der Waals surface area contributed by atoms with Crippen LogP contribution in [0, 0.1) is 6.92 Å². The van der Waals surface area contributed by atoms with E-state index < -0.39 is 0 Å². The van der Waals surface area contributed by atoms with E-state index in [1.807, 2.05) is 25.1 Å². The number of aromatic amines is 1. The van der Waals surface area contributed by atoms with E-state index in [1.54, 1.807) is 12.1 Å². The molecule has 0 saturated heterocycles. The molecule has 1 aromatic heterocycles. The molecule has 0 unspecified atom stereocenters. The van der Waals surface area contributed by atoms with Crippen LogP contribution < -0.4 is 19.9 Å². The number of nitrogen functional groups attached to an aromatic ring is 1. The molecule has 3 aromatic rings. The summed E-state index contributed by atoms with van der Waals surface area (Å²) < 4.78 is 15.9. The zero-order valence-electron chi connectivity index (χ0n) is 14.6. The van der Waals surface area contributed by atoms with Crippen LogP contribution in [0.4, 0.5) is 5.69 Å². The van der Waals surface area contributed by atoms with Crippen molar-refractivity contribution >= 4 is 22.4 Å². The smallest absolute Gasteiger partial charge is 0.211 e. The maximum absolute atomic E-state index is 13.0. The van der Waals surface area contributed by atoms with E-state index in [0.29, 0.717) is 34.2 Å². The maximum Gasteiger partial charge on any atom is 0.211 e. The molecule has 0 spiro atoms. The van der Waals surface area contributed by atoms with Crippen molar-refractivity contribution in [2.45, 2.75) is 6.92 Å². The number of hydrogen-bond acceptors (Lipinski definition) is 5. The first-order chi connectivity index (χ1) is 12.0. The van der Waals surface area contributed by atoms with Crippen molar-refractivity contribution in [3.8, 4) is 17.2 Å². The van der Waals surface area contributed by atoms with Crippen LogP contribution in [0.15, 0.2) is 30.3 Å². The van der Waals surface area contributed by atoms with Crippen LogP contribution in [0.25, 0.3) is 10.9 Å². The number of ether oxygens (including phenoxy) is 3. The molecule has 0 atom stereocenters. The largest absolute Gasteiger partial charge is 0.493 e. The van der Waals surface area contributed by atoms with Crippen molar-refractivity contribution < 1.29 is 19.0 Å². The van der Waals surface area contributed by atoms with Crippen LogP contribution in [-0.4, -0.2) is 32.1 Å². The normalized spacial score (nSPS) is 10.7. The number of aromatic nitrogens is 1. The first-order valence-corrected chi connectivity index (χ1v) is 7.72. The number of nitrogens with two attached hydrogens (primary N) is 1. The van der Waals surface area contributed by atoms with Gasteiger partial charge in [-0.3, -0.25) is 4.79 Å². The van der Waals surface area contributed by atoms with Gasteiger partial charge in [-0.15, -0.1) is 0 Å². The Balaban J connectivity index is 2.14. The molecule has 25 heavy (non-hydrogen) atoms. The van der Waals surface area contributed by atoms with Gasteiger partial charge in [0.15, 0.2) is 11.5 Å². The van der Waals surface area contributed by atoms with Gasteiger partial charge in [-0.25, -0.2) is 0 Å². The van der Waals surface area contributed by atoms with Gasteiger partial charge in [0, 0.05) is 16.5 Å². The topological polar surface area (TPSA) is 86.6 Å². The Kier molecular flexibility index (Phi) is 4.27. The number of carbonyl (C=O) groups excluding carboxylic acids is 1. The van der Waals surface area contributed by atoms with E-state index >= 15 is 0 Å². The average Bonchev–Trinajstić information content (AvgIpc) is 2.95. The molecular formula is C19H20N2O4. The van der Waals surface area contributed by atoms with Crippen LogP contribution in [0.1, 0.15) is 21.6 Å². The summed E-state index contributed by atoms with van der Waals surface area (Å²) >= 11 is 0. The number of hydrogen-bond donors (Lipinski definition) is 2. The highest BCUT2D eigenvalue weighted by Gasteiger charge is 2.21. The SMILES string of the molecule is COc1cc(C(=O)c2[nH]c3cc(C)ccc3c2N)cc(OC)c1OC. The third-order valence-electron chi connectivity index (χ3n) is 4.15. The van der Waals surface area contributed by atoms with Crippen molar-refractivity contribution in [1.29, 1.82) is 0 Å². The molecular weight excluding hydrogens is 320 g/mol. The Morgan fingerprint density at radius 1 is 1.00 bits per heavy atom. The van der Waals surface area contributed by atoms with Gasteiger partial charge < -0.3 is 24.9 Å². The molecule has 0 radical (unpaired) electrons. The fraction of sp³-hybridized carbons (Fsp3) is 0.211. The number of anilines is 1. The van der Waals surface area contributed by atoms with Crippen LogP contribution >= 0.6 is 0 Å². The minimum absolute atomic E-state index is 0.245. The molecule has 3 rings (SSSR count). The number of nitrogens with one attached hydrogen (secondary N) is 1. The van der Waals surface area contributed by atoms with E-state index in [0.717, 1.165) is 16.5 Å². The van der Waals surface area contributed by atoms with Gasteiger partial charge in [0.2, 0.25) is 11.5 Å². The van der Waals surface area contributed by atoms with E-state index in [9.17, 15) is 4.79 Å². The predicted molar refractivity (Wildman–Crippen MR) is 97.0 cm³/mol. The summed E-state index contributed by atoms with van der Waals surface area (Å²) in [5.41, 5.74) is 9.26. The van der Waals surface area contributed by atoms with E-state index in [-0.39, 0.29) is 5.78 Å². The van der Waals surface area contributed by atoms with Gasteiger partial charge in [-0.1, -0.05) is 12.1 Å². The number of benzene rings is 2. The fourth-order valence-electron chi connectivity index (χ4n) is 2.87. The van der Waals surface area contributed by atoms with Crippen molar-refractivity contribution in [3.63, 3.8) is 0 Å². The number of H-pyrrole nitrogens is 1. The summed E-state index contributed by atoms with van der Waals surface area (Å²) in [6.45, 7) is 1.98. The molecule has 2 aromatic carbocycles. The highest BCUT2D eigenvalue weighted by Crippen LogP contribution is 2.39. The number of aryl methyl sites for hydroxylation is 1. The Bertz CT molecular complexity index is 934. The minimum Gasteiger partial charge on any atom is -0.493 e. The molecule has 1 heterocycles. The quantitative estimate of drug-likeness (QED) is 0.696. The fourth-order valence-corrected chi connectivity index (χ4v) is 2.87. The third kappa shape index (κ3) is 2.76. The zero-order valence-corrected chi connectivity index (χ0v) is 14.6. The summed E-state index contributed by atoms with van der Waals surface area (Å²) in [7, 11) is 4.52. The number of methoxy groups -OCH3 is 3. The van der Waals surface area contributed by atoms with Crippen LogP contribution in [0.3, 0.4) is 0 Å². The minimum atomic E-state index is -0.245. The monoisotopic (exact) mass is 340 g/mol. The lowest BCUT2D eigenvalue weighted by molar-refractivity contribution is 0.103. The summed E-state index contributed by atoms with van der Waals surface area (Å²) in [4.78, 5) is 16.1. The number of fused-ring (bicyclic) bond motifs is 1. The van der Waals surface area contributed by atoms with Crippen LogP contribution in [-0.2, 0) is 0 Å². The Hall–Kier alpha value is -3.15. The highest BCUT2D eigenvalue weighted by atomic mass is 16.5. The zero-order chi connectivity index (χ0) is 18.1. The molecule has 130 valence electrons. The lowest BCUT2D eigenvalue weighted by atomic mass is 10.1. The van der Waals surface area contributed by atoms with Gasteiger partial charge in [0.05, 0.1) is 27.0 Å². The Labute approximate surface area is 145 Å². The second kappa shape index (κ2) is 6.39. The molecule has 0 saturated carbocycles. The molecule has 6 nitrogen and oxygen atoms in total. The second-order valence-corrected chi connectivity index (χ2v) is 5.71. The molecule has 6 heteroatoms. The first kappa shape index (κ1) is 16.7. The van der Waals surface area contributed by atoms with Crippen LogP contribution in [0.2, 0.25) is 0 Å². The number of rotatable bonds is 5. The molecule has 0 aliphatic rings. The summed E-state index contributed by atoms with van der Waals surface area (Å²) in [5, 5.41) is 0.821. The van der Waals surface area contributed by atoms with Crippen molar-refractivity contribution in [2.24, 2.45) is 0 Å². The highest BCUT2D eigenvalue weighted by molar-refractivity contribution is 6.16. The lowest BCUT2D eigenvalue weighted by Gasteiger charge is -2.13. The van der Waals surface area contributed by atoms with Crippen molar-refractivity contribution in [1.82, 2.24) is 4.98 Å². The van der Waals surface area contributed by atoms with Crippen molar-refractivity contribution in [3.05, 3.63) is 47.2 Å². The number of ketones is 1. The molecule has 3 N–H and O–H groups in total. The summed E-state index contributed by atoms with van der Waals surface area (Å²) in [5.74, 6) is 1.01. The number of carbonyl (C=O) groups is 1. The van der Waals surface area contributed by atoms with Crippen molar-refractivity contribution in [2.75, 3.05) is 27.1 Å². The van der Waals surface area contributed by atoms with Crippen LogP contribution in [0.5, 0.6) is 17.2 Å². The maximum atomic E-state index is 13.0. The standard InChI is InChI=1S/C19H20N2O4/c1-10-5-6-12-13(7-10)21-17(16(12)20)18(22)11-8-14(23-2)19(25-4)15(9-11)24-3/h5-9,21H,20H2,1-4H3. The lowest BCUT2D eigenvalue weighted by Crippen LogP contribution is -2.06. The first-order valence-electron chi connectivity index (χ1n) is 7.72. The molecule has 0 bridgehead atoms. The van der Waals surface area contributed by atoms with Gasteiger partial charge >= 0.3 is 0 Å². The molecule has 0 aliphatic carbocycles. The molecule has 0 fully saturated rings. The van der Waals surface area contributed by atoms with Gasteiger partial charge in [-0.2, -0.15) is 0 Å². The van der Waals surface area contributed by atoms with E-state index in [1.165, 1.54) is 21.3 Å². The van der Waals surface area contributed by atoms with E-state index in [2.05, 4.69) is 4.98 Å². The molecule has 0 amide bonds. The predicted octanol–water partition coefficient (Wildman–Crippen LogP) is 3.32. The average molecular weight is 340 g/mol. The van der Waals surface area contributed by atoms with Gasteiger partial charge in [0.25, 0.3) is 0 Å². The summed E-state index contributed by atoms with van der Waals surface area (Å²) in [6, 6.07) is 9.04. The summed E-state index contributed by atoms with van der Waals surface area (Å²) in [6.07, 6.45) is 0. The Morgan fingerprint density at radius 2 is 1.64 bits per heavy atom. The van der Waals surface area contributed by atoms with Gasteiger partial charge in [0.1, 0.15) is 5.69 Å². The third-order valence-corrected chi connectivity index (χ3v) is 4.15. The molecule has 0 aliphatic heterocycles. The Morgan fingerprint density at radius 3 is 2.20 bits per heavy atom. The second-order valence-electron chi connectivity index (χ2n) is 5.71.